The Kier molecular flexibility index (Phi) is 2.82. The van der Waals surface area contributed by atoms with E-state index in [9.17, 15) is 4.79 Å². The average Bonchev–Trinajstić information content (AvgIpc) is 2.93. The molecule has 21 heavy (non-hydrogen) atoms. The average molecular weight is 301 g/mol. The highest BCUT2D eigenvalue weighted by Gasteiger charge is 2.19. The summed E-state index contributed by atoms with van der Waals surface area (Å²) in [5.41, 5.74) is 3.37. The van der Waals surface area contributed by atoms with Gasteiger partial charge in [0.15, 0.2) is 11.5 Å². The molecular weight excluding hydrogens is 288 g/mol. The molecule has 0 unspecified atom stereocenters. The summed E-state index contributed by atoms with van der Waals surface area (Å²) in [6.45, 7) is 0. The van der Waals surface area contributed by atoms with Crippen molar-refractivity contribution in [1.29, 1.82) is 0 Å². The van der Waals surface area contributed by atoms with Crippen LogP contribution in [0.3, 0.4) is 0 Å². The van der Waals surface area contributed by atoms with Crippen molar-refractivity contribution in [1.82, 2.24) is 19.6 Å². The van der Waals surface area contributed by atoms with Crippen molar-refractivity contribution >= 4 is 17.2 Å². The number of aromatic amines is 1. The molecule has 3 aromatic rings. The molecule has 1 aromatic carbocycles. The van der Waals surface area contributed by atoms with E-state index >= 15 is 0 Å². The maximum atomic E-state index is 12.1. The van der Waals surface area contributed by atoms with E-state index < -0.39 is 0 Å². The third kappa shape index (κ3) is 2.05. The number of nitrogens with one attached hydrogen (secondary N) is 1. The minimum absolute atomic E-state index is 0.230. The van der Waals surface area contributed by atoms with Crippen LogP contribution in [0.5, 0.6) is 0 Å². The number of hydrogen-bond donors (Lipinski definition) is 1. The molecule has 2 aromatic heterocycles. The van der Waals surface area contributed by atoms with Crippen molar-refractivity contribution in [2.24, 2.45) is 0 Å². The van der Waals surface area contributed by atoms with Crippen molar-refractivity contribution < 1.29 is 0 Å². The van der Waals surface area contributed by atoms with Gasteiger partial charge in [-0.3, -0.25) is 0 Å². The summed E-state index contributed by atoms with van der Waals surface area (Å²) in [5, 5.41) is 4.96. The number of aryl methyl sites for hydroxylation is 2. The first kappa shape index (κ1) is 12.6. The molecule has 0 atom stereocenters. The summed E-state index contributed by atoms with van der Waals surface area (Å²) < 4.78 is 1.36. The topological polar surface area (TPSA) is 63.0 Å². The fraction of sp³-hybridized carbons (Fsp3) is 0.267. The van der Waals surface area contributed by atoms with E-state index in [4.69, 9.17) is 11.6 Å². The Labute approximate surface area is 125 Å². The quantitative estimate of drug-likeness (QED) is 0.751. The molecule has 0 radical (unpaired) electrons. The summed E-state index contributed by atoms with van der Waals surface area (Å²) >= 11 is 6.01. The Morgan fingerprint density at radius 2 is 2.10 bits per heavy atom. The van der Waals surface area contributed by atoms with E-state index in [1.165, 1.54) is 4.52 Å². The molecule has 0 bridgehead atoms. The molecule has 6 heteroatoms. The normalized spacial score (nSPS) is 14.3. The molecule has 2 heterocycles. The lowest BCUT2D eigenvalue weighted by atomic mass is 9.97. The zero-order chi connectivity index (χ0) is 14.4. The Morgan fingerprint density at radius 1 is 1.24 bits per heavy atom. The molecule has 0 aliphatic heterocycles. The van der Waals surface area contributed by atoms with Gasteiger partial charge in [-0.15, -0.1) is 5.10 Å². The number of halogens is 1. The highest BCUT2D eigenvalue weighted by atomic mass is 35.5. The first-order valence-electron chi connectivity index (χ1n) is 6.99. The highest BCUT2D eigenvalue weighted by Crippen LogP contribution is 2.24. The second kappa shape index (κ2) is 4.70. The van der Waals surface area contributed by atoms with Gasteiger partial charge in [-0.05, 0) is 37.8 Å². The first-order valence-corrected chi connectivity index (χ1v) is 7.37. The monoisotopic (exact) mass is 300 g/mol. The minimum Gasteiger partial charge on any atom is -0.309 e. The number of fused-ring (bicyclic) bond motifs is 3. The van der Waals surface area contributed by atoms with Crippen LogP contribution < -0.4 is 5.69 Å². The Balaban J connectivity index is 1.98. The van der Waals surface area contributed by atoms with Crippen LogP contribution in [0.2, 0.25) is 5.02 Å². The summed E-state index contributed by atoms with van der Waals surface area (Å²) in [6.07, 6.45) is 4.06. The van der Waals surface area contributed by atoms with Gasteiger partial charge < -0.3 is 4.98 Å². The maximum absolute atomic E-state index is 12.1. The Bertz CT molecular complexity index is 896. The number of H-pyrrole nitrogens is 1. The van der Waals surface area contributed by atoms with Crippen LogP contribution in [-0.4, -0.2) is 19.6 Å². The summed E-state index contributed by atoms with van der Waals surface area (Å²) in [7, 11) is 0. The second-order valence-corrected chi connectivity index (χ2v) is 5.71. The third-order valence-corrected chi connectivity index (χ3v) is 4.11. The van der Waals surface area contributed by atoms with E-state index in [2.05, 4.69) is 15.1 Å². The van der Waals surface area contributed by atoms with E-state index in [-0.39, 0.29) is 5.69 Å². The lowest BCUT2D eigenvalue weighted by Crippen LogP contribution is -2.23. The van der Waals surface area contributed by atoms with Gasteiger partial charge in [-0.25, -0.2) is 9.78 Å². The molecule has 106 valence electrons. The smallest absolute Gasteiger partial charge is 0.309 e. The fourth-order valence-corrected chi connectivity index (χ4v) is 3.06. The van der Waals surface area contributed by atoms with Crippen molar-refractivity contribution in [3.63, 3.8) is 0 Å². The number of nitrogens with zero attached hydrogens (tertiary/aromatic N) is 3. The highest BCUT2D eigenvalue weighted by molar-refractivity contribution is 6.30. The van der Waals surface area contributed by atoms with Gasteiger partial charge in [0.1, 0.15) is 0 Å². The molecule has 0 spiro atoms. The van der Waals surface area contributed by atoms with Crippen LogP contribution in [0.25, 0.3) is 17.0 Å². The standard InChI is InChI=1S/C15H13ClN4O/c16-10-5-3-4-9(8-10)13-18-14-11-6-1-2-7-12(11)17-15(21)20(14)19-13/h3-5,8H,1-2,6-7H2,(H,17,21). The molecule has 4 rings (SSSR count). The van der Waals surface area contributed by atoms with Crippen LogP contribution in [0.1, 0.15) is 24.1 Å². The molecule has 1 aliphatic carbocycles. The number of benzene rings is 1. The largest absolute Gasteiger partial charge is 0.348 e. The summed E-state index contributed by atoms with van der Waals surface area (Å²) in [4.78, 5) is 19.6. The van der Waals surface area contributed by atoms with Gasteiger partial charge in [-0.2, -0.15) is 4.52 Å². The van der Waals surface area contributed by atoms with Gasteiger partial charge in [0.05, 0.1) is 0 Å². The van der Waals surface area contributed by atoms with Crippen LogP contribution in [0.4, 0.5) is 0 Å². The Morgan fingerprint density at radius 3 is 2.95 bits per heavy atom. The summed E-state index contributed by atoms with van der Waals surface area (Å²) in [5.74, 6) is 0.530. The predicted octanol–water partition coefficient (Wildman–Crippen LogP) is 2.62. The first-order chi connectivity index (χ1) is 10.2. The van der Waals surface area contributed by atoms with Gasteiger partial charge >= 0.3 is 5.69 Å². The molecular formula is C15H13ClN4O. The van der Waals surface area contributed by atoms with E-state index in [1.54, 1.807) is 12.1 Å². The minimum atomic E-state index is -0.230. The molecule has 0 saturated carbocycles. The van der Waals surface area contributed by atoms with Crippen LogP contribution >= 0.6 is 11.6 Å². The lowest BCUT2D eigenvalue weighted by molar-refractivity contribution is 0.654. The lowest BCUT2D eigenvalue weighted by Gasteiger charge is -2.14. The van der Waals surface area contributed by atoms with Crippen molar-refractivity contribution in [2.75, 3.05) is 0 Å². The fourth-order valence-electron chi connectivity index (χ4n) is 2.87. The SMILES string of the molecule is O=c1[nH]c2c(c3nc(-c4cccc(Cl)c4)nn13)CCCC2. The molecule has 1 N–H and O–H groups in total. The van der Waals surface area contributed by atoms with Gasteiger partial charge in [0.25, 0.3) is 0 Å². The third-order valence-electron chi connectivity index (χ3n) is 3.88. The number of aromatic nitrogens is 4. The molecule has 0 amide bonds. The zero-order valence-electron chi connectivity index (χ0n) is 11.3. The van der Waals surface area contributed by atoms with Gasteiger partial charge in [0.2, 0.25) is 0 Å². The molecule has 1 aliphatic rings. The van der Waals surface area contributed by atoms with Gasteiger partial charge in [0, 0.05) is 21.8 Å². The van der Waals surface area contributed by atoms with Gasteiger partial charge in [-0.1, -0.05) is 23.7 Å². The van der Waals surface area contributed by atoms with Crippen LogP contribution in [-0.2, 0) is 12.8 Å². The number of hydrogen-bond acceptors (Lipinski definition) is 3. The van der Waals surface area contributed by atoms with E-state index in [0.717, 1.165) is 42.5 Å². The van der Waals surface area contributed by atoms with Crippen LogP contribution in [0.15, 0.2) is 29.1 Å². The zero-order valence-corrected chi connectivity index (χ0v) is 12.0. The van der Waals surface area contributed by atoms with Crippen molar-refractivity contribution in [3.05, 3.63) is 51.0 Å². The Hall–Kier alpha value is -2.14. The summed E-state index contributed by atoms with van der Waals surface area (Å²) in [6, 6.07) is 7.34. The van der Waals surface area contributed by atoms with E-state index in [0.29, 0.717) is 16.5 Å². The van der Waals surface area contributed by atoms with E-state index in [1.807, 2.05) is 12.1 Å². The number of rotatable bonds is 1. The predicted molar refractivity (Wildman–Crippen MR) is 80.7 cm³/mol. The maximum Gasteiger partial charge on any atom is 0.348 e. The molecule has 5 nitrogen and oxygen atoms in total. The second-order valence-electron chi connectivity index (χ2n) is 5.28. The van der Waals surface area contributed by atoms with Crippen molar-refractivity contribution in [2.45, 2.75) is 25.7 Å². The van der Waals surface area contributed by atoms with Crippen LogP contribution in [0, 0.1) is 0 Å². The molecule has 0 fully saturated rings. The van der Waals surface area contributed by atoms with Crippen molar-refractivity contribution in [3.8, 4) is 11.4 Å². The molecule has 0 saturated heterocycles.